The van der Waals surface area contributed by atoms with E-state index in [1.54, 1.807) is 6.20 Å². The van der Waals surface area contributed by atoms with Crippen LogP contribution in [-0.4, -0.2) is 20.1 Å². The largest absolute Gasteiger partial charge is 0.332 e. The summed E-state index contributed by atoms with van der Waals surface area (Å²) in [6, 6.07) is 3.81. The summed E-state index contributed by atoms with van der Waals surface area (Å²) in [6.45, 7) is 3.96. The van der Waals surface area contributed by atoms with Gasteiger partial charge in [-0.05, 0) is 25.0 Å². The van der Waals surface area contributed by atoms with E-state index in [1.807, 2.05) is 24.4 Å². The highest BCUT2D eigenvalue weighted by Crippen LogP contribution is 2.26. The molecule has 3 aromatic rings. The number of hydrogen-bond donors (Lipinski definition) is 1. The first kappa shape index (κ1) is 13.8. The second-order valence-corrected chi connectivity index (χ2v) is 5.54. The second kappa shape index (κ2) is 5.71. The first-order chi connectivity index (χ1) is 10.2. The number of nitrogens with zero attached hydrogens (tertiary/aromatic N) is 4. The monoisotopic (exact) mass is 301 g/mol. The maximum Gasteiger partial charge on any atom is 0.277 e. The Morgan fingerprint density at radius 3 is 2.95 bits per heavy atom. The van der Waals surface area contributed by atoms with Gasteiger partial charge in [-0.25, -0.2) is 4.98 Å². The molecule has 1 unspecified atom stereocenters. The minimum Gasteiger partial charge on any atom is -0.332 e. The van der Waals surface area contributed by atoms with E-state index < -0.39 is 0 Å². The number of pyridine rings is 1. The van der Waals surface area contributed by atoms with E-state index in [0.717, 1.165) is 22.7 Å². The third-order valence-electron chi connectivity index (χ3n) is 3.04. The highest BCUT2D eigenvalue weighted by Gasteiger charge is 2.17. The third-order valence-corrected chi connectivity index (χ3v) is 4.09. The molecule has 0 amide bonds. The predicted molar refractivity (Wildman–Crippen MR) is 80.6 cm³/mol. The molecule has 6 nitrogen and oxygen atoms in total. The summed E-state index contributed by atoms with van der Waals surface area (Å²) in [5.74, 6) is 0.874. The molecule has 1 atom stereocenters. The lowest BCUT2D eigenvalue weighted by Crippen LogP contribution is -2.03. The number of rotatable bonds is 4. The summed E-state index contributed by atoms with van der Waals surface area (Å²) in [7, 11) is 0. The van der Waals surface area contributed by atoms with E-state index >= 15 is 0 Å². The van der Waals surface area contributed by atoms with Gasteiger partial charge in [0, 0.05) is 11.6 Å². The van der Waals surface area contributed by atoms with Crippen molar-refractivity contribution < 1.29 is 4.52 Å². The highest BCUT2D eigenvalue weighted by atomic mass is 32.1. The van der Waals surface area contributed by atoms with Crippen molar-refractivity contribution in [1.82, 2.24) is 20.1 Å². The van der Waals surface area contributed by atoms with Gasteiger partial charge in [0.25, 0.3) is 5.89 Å². The average Bonchev–Trinajstić information content (AvgIpc) is 3.16. The van der Waals surface area contributed by atoms with Gasteiger partial charge in [0.2, 0.25) is 5.82 Å². The third kappa shape index (κ3) is 2.70. The van der Waals surface area contributed by atoms with E-state index in [0.29, 0.717) is 17.4 Å². The van der Waals surface area contributed by atoms with Gasteiger partial charge in [-0.15, -0.1) is 11.3 Å². The van der Waals surface area contributed by atoms with Crippen LogP contribution in [0.15, 0.2) is 28.2 Å². The van der Waals surface area contributed by atoms with Crippen molar-refractivity contribution in [3.63, 3.8) is 0 Å². The molecule has 0 aromatic carbocycles. The number of nitrogens with two attached hydrogens (primary N) is 1. The minimum absolute atomic E-state index is 0.103. The first-order valence-electron chi connectivity index (χ1n) is 6.68. The fourth-order valence-electron chi connectivity index (χ4n) is 1.94. The lowest BCUT2D eigenvalue weighted by molar-refractivity contribution is 0.431. The van der Waals surface area contributed by atoms with Crippen molar-refractivity contribution in [2.24, 2.45) is 5.73 Å². The summed E-state index contributed by atoms with van der Waals surface area (Å²) >= 11 is 1.49. The normalized spacial score (nSPS) is 12.5. The molecule has 21 heavy (non-hydrogen) atoms. The number of thiazole rings is 1. The van der Waals surface area contributed by atoms with Crippen molar-refractivity contribution >= 4 is 11.3 Å². The van der Waals surface area contributed by atoms with E-state index in [1.165, 1.54) is 11.3 Å². The van der Waals surface area contributed by atoms with E-state index in [9.17, 15) is 0 Å². The molecule has 0 aliphatic carbocycles. The molecule has 0 saturated heterocycles. The zero-order valence-corrected chi connectivity index (χ0v) is 12.6. The van der Waals surface area contributed by atoms with Crippen LogP contribution in [-0.2, 0) is 6.42 Å². The lowest BCUT2D eigenvalue weighted by atomic mass is 10.1. The summed E-state index contributed by atoms with van der Waals surface area (Å²) in [6.07, 6.45) is 2.58. The van der Waals surface area contributed by atoms with Gasteiger partial charge < -0.3 is 10.3 Å². The Morgan fingerprint density at radius 1 is 1.38 bits per heavy atom. The smallest absolute Gasteiger partial charge is 0.277 e. The summed E-state index contributed by atoms with van der Waals surface area (Å²) < 4.78 is 5.30. The Kier molecular flexibility index (Phi) is 3.76. The fourth-order valence-corrected chi connectivity index (χ4v) is 2.70. The maximum absolute atomic E-state index is 5.81. The molecule has 0 spiro atoms. The van der Waals surface area contributed by atoms with Crippen LogP contribution in [0.5, 0.6) is 0 Å². The summed E-state index contributed by atoms with van der Waals surface area (Å²) in [5.41, 5.74) is 8.29. The van der Waals surface area contributed by atoms with Crippen molar-refractivity contribution in [3.8, 4) is 23.1 Å². The zero-order chi connectivity index (χ0) is 14.8. The van der Waals surface area contributed by atoms with Gasteiger partial charge in [-0.2, -0.15) is 4.98 Å². The molecular formula is C14H15N5OS. The summed E-state index contributed by atoms with van der Waals surface area (Å²) in [5, 5.41) is 6.72. The number of hydrogen-bond acceptors (Lipinski definition) is 7. The minimum atomic E-state index is -0.103. The van der Waals surface area contributed by atoms with Crippen LogP contribution in [0.3, 0.4) is 0 Å². The molecule has 3 heterocycles. The summed E-state index contributed by atoms with van der Waals surface area (Å²) in [4.78, 5) is 13.1. The van der Waals surface area contributed by atoms with E-state index in [-0.39, 0.29) is 6.04 Å². The fraction of sp³-hybridized carbons (Fsp3) is 0.286. The predicted octanol–water partition coefficient (Wildman–Crippen LogP) is 2.84. The Morgan fingerprint density at radius 2 is 2.24 bits per heavy atom. The molecular weight excluding hydrogens is 286 g/mol. The van der Waals surface area contributed by atoms with Crippen LogP contribution >= 0.6 is 11.3 Å². The van der Waals surface area contributed by atoms with Gasteiger partial charge >= 0.3 is 0 Å². The molecule has 3 aromatic heterocycles. The molecule has 0 bridgehead atoms. The lowest BCUT2D eigenvalue weighted by Gasteiger charge is -2.00. The highest BCUT2D eigenvalue weighted by molar-refractivity contribution is 7.10. The van der Waals surface area contributed by atoms with Crippen LogP contribution in [0.2, 0.25) is 0 Å². The van der Waals surface area contributed by atoms with Crippen molar-refractivity contribution in [2.45, 2.75) is 26.3 Å². The molecule has 7 heteroatoms. The topological polar surface area (TPSA) is 90.7 Å². The molecule has 2 N–H and O–H groups in total. The quantitative estimate of drug-likeness (QED) is 0.796. The molecule has 0 radical (unpaired) electrons. The Balaban J connectivity index is 1.96. The van der Waals surface area contributed by atoms with Crippen LogP contribution in [0.4, 0.5) is 0 Å². The van der Waals surface area contributed by atoms with Gasteiger partial charge in [0.15, 0.2) is 0 Å². The number of aromatic nitrogens is 4. The van der Waals surface area contributed by atoms with Crippen LogP contribution in [0, 0.1) is 0 Å². The van der Waals surface area contributed by atoms with E-state index in [4.69, 9.17) is 10.3 Å². The molecule has 0 aliphatic rings. The molecule has 108 valence electrons. The van der Waals surface area contributed by atoms with Gasteiger partial charge in [-0.3, -0.25) is 4.98 Å². The number of aryl methyl sites for hydroxylation is 1. The Labute approximate surface area is 126 Å². The Hall–Kier alpha value is -2.12. The van der Waals surface area contributed by atoms with E-state index in [2.05, 4.69) is 27.0 Å². The van der Waals surface area contributed by atoms with Gasteiger partial charge in [0.1, 0.15) is 16.4 Å². The van der Waals surface area contributed by atoms with Crippen molar-refractivity contribution in [1.29, 1.82) is 0 Å². The zero-order valence-electron chi connectivity index (χ0n) is 11.8. The van der Waals surface area contributed by atoms with Crippen molar-refractivity contribution in [2.75, 3.05) is 0 Å². The molecule has 0 fully saturated rings. The standard InChI is InChI=1S/C14H15N5OS/c1-3-9-5-4-6-16-11(9)12-18-13(20-19-12)10-7-21-14(17-10)8(2)15/h4-8H,3,15H2,1-2H3. The average molecular weight is 301 g/mol. The van der Waals surface area contributed by atoms with Gasteiger partial charge in [-0.1, -0.05) is 18.1 Å². The van der Waals surface area contributed by atoms with Crippen LogP contribution in [0.25, 0.3) is 23.1 Å². The first-order valence-corrected chi connectivity index (χ1v) is 7.56. The Bertz CT molecular complexity index is 749. The molecule has 3 rings (SSSR count). The van der Waals surface area contributed by atoms with Gasteiger partial charge in [0.05, 0.1) is 6.04 Å². The second-order valence-electron chi connectivity index (χ2n) is 4.65. The van der Waals surface area contributed by atoms with Crippen molar-refractivity contribution in [3.05, 3.63) is 34.3 Å². The maximum atomic E-state index is 5.81. The molecule has 0 aliphatic heterocycles. The van der Waals surface area contributed by atoms with Crippen LogP contribution in [0.1, 0.15) is 30.5 Å². The molecule has 0 saturated carbocycles. The van der Waals surface area contributed by atoms with Crippen LogP contribution < -0.4 is 5.73 Å². The SMILES string of the molecule is CCc1cccnc1-c1noc(-c2csc(C(C)N)n2)n1.